The molecule has 7 heteroatoms. The van der Waals surface area contributed by atoms with E-state index < -0.39 is 12.8 Å². The monoisotopic (exact) mass is 237 g/mol. The van der Waals surface area contributed by atoms with Crippen molar-refractivity contribution in [2.75, 3.05) is 13.2 Å². The second-order valence-electron chi connectivity index (χ2n) is 3.37. The summed E-state index contributed by atoms with van der Waals surface area (Å²) in [7, 11) is 0. The minimum Gasteiger partial charge on any atom is -0.370 e. The molecule has 1 aromatic rings. The average molecular weight is 237 g/mol. The van der Waals surface area contributed by atoms with Crippen LogP contribution in [0.1, 0.15) is 11.3 Å². The Morgan fingerprint density at radius 3 is 2.69 bits per heavy atom. The number of nitrogens with zero attached hydrogens (tertiary/aromatic N) is 2. The van der Waals surface area contributed by atoms with Crippen molar-refractivity contribution >= 4 is 0 Å². The lowest BCUT2D eigenvalue weighted by Gasteiger charge is -2.07. The highest BCUT2D eigenvalue weighted by Crippen LogP contribution is 2.14. The van der Waals surface area contributed by atoms with Crippen molar-refractivity contribution in [3.63, 3.8) is 0 Å². The molecule has 0 aliphatic carbocycles. The van der Waals surface area contributed by atoms with Gasteiger partial charge in [-0.2, -0.15) is 18.3 Å². The third kappa shape index (κ3) is 4.19. The molecule has 2 N–H and O–H groups in total. The number of alkyl halides is 3. The maximum absolute atomic E-state index is 11.7. The molecule has 0 aromatic carbocycles. The summed E-state index contributed by atoms with van der Waals surface area (Å²) in [6.07, 6.45) is -2.56. The van der Waals surface area contributed by atoms with Gasteiger partial charge in [-0.05, 0) is 6.92 Å². The van der Waals surface area contributed by atoms with Crippen LogP contribution in [0.4, 0.5) is 13.2 Å². The number of nitrogens with two attached hydrogens (primary N) is 1. The Bertz CT molecular complexity index is 335. The Kier molecular flexibility index (Phi) is 4.31. The topological polar surface area (TPSA) is 53.1 Å². The van der Waals surface area contributed by atoms with Crippen molar-refractivity contribution < 1.29 is 17.9 Å². The smallest absolute Gasteiger partial charge is 0.370 e. The molecule has 0 bridgehead atoms. The van der Waals surface area contributed by atoms with E-state index in [1.165, 1.54) is 4.68 Å². The maximum atomic E-state index is 11.7. The Labute approximate surface area is 91.2 Å². The van der Waals surface area contributed by atoms with Crippen LogP contribution in [0.3, 0.4) is 0 Å². The van der Waals surface area contributed by atoms with Crippen molar-refractivity contribution in [3.05, 3.63) is 17.5 Å². The normalized spacial score (nSPS) is 12.1. The van der Waals surface area contributed by atoms with Crippen molar-refractivity contribution in [1.82, 2.24) is 9.78 Å². The molecule has 1 heterocycles. The van der Waals surface area contributed by atoms with Gasteiger partial charge in [0.05, 0.1) is 18.8 Å². The SMILES string of the molecule is Cc1nn(CCOCC(F)(F)F)cc1CN. The molecule has 16 heavy (non-hydrogen) atoms. The number of aryl methyl sites for hydroxylation is 1. The fourth-order valence-electron chi connectivity index (χ4n) is 1.22. The first-order valence-electron chi connectivity index (χ1n) is 4.80. The highest BCUT2D eigenvalue weighted by molar-refractivity contribution is 5.14. The van der Waals surface area contributed by atoms with E-state index in [0.717, 1.165) is 11.3 Å². The van der Waals surface area contributed by atoms with E-state index in [2.05, 4.69) is 9.84 Å². The Morgan fingerprint density at radius 2 is 2.19 bits per heavy atom. The number of hydrogen-bond donors (Lipinski definition) is 1. The number of aromatic nitrogens is 2. The highest BCUT2D eigenvalue weighted by Gasteiger charge is 2.27. The summed E-state index contributed by atoms with van der Waals surface area (Å²) in [5.41, 5.74) is 7.12. The molecule has 0 fully saturated rings. The molecule has 0 saturated carbocycles. The van der Waals surface area contributed by atoms with Crippen LogP contribution in [0.15, 0.2) is 6.20 Å². The molecular formula is C9H14F3N3O. The van der Waals surface area contributed by atoms with Gasteiger partial charge in [0.15, 0.2) is 0 Å². The van der Waals surface area contributed by atoms with Gasteiger partial charge in [0.2, 0.25) is 0 Å². The van der Waals surface area contributed by atoms with Crippen molar-refractivity contribution in [2.45, 2.75) is 26.2 Å². The molecule has 0 atom stereocenters. The van der Waals surface area contributed by atoms with E-state index in [1.807, 2.05) is 0 Å². The number of ether oxygens (including phenoxy) is 1. The summed E-state index contributed by atoms with van der Waals surface area (Å²) in [5.74, 6) is 0. The molecule has 0 amide bonds. The summed E-state index contributed by atoms with van der Waals surface area (Å²) < 4.78 is 41.2. The molecule has 4 nitrogen and oxygen atoms in total. The number of halogens is 3. The summed E-state index contributed by atoms with van der Waals surface area (Å²) in [5, 5.41) is 4.09. The van der Waals surface area contributed by atoms with Gasteiger partial charge >= 0.3 is 6.18 Å². The molecule has 1 aromatic heterocycles. The van der Waals surface area contributed by atoms with Gasteiger partial charge in [-0.1, -0.05) is 0 Å². The zero-order valence-electron chi connectivity index (χ0n) is 8.92. The van der Waals surface area contributed by atoms with Crippen LogP contribution in [0.25, 0.3) is 0 Å². The minimum atomic E-state index is -4.28. The molecule has 0 saturated heterocycles. The molecule has 0 radical (unpaired) electrons. The first-order valence-corrected chi connectivity index (χ1v) is 4.80. The summed E-state index contributed by atoms with van der Waals surface area (Å²) in [4.78, 5) is 0. The minimum absolute atomic E-state index is 0.0232. The molecule has 0 unspecified atom stereocenters. The quantitative estimate of drug-likeness (QED) is 0.783. The molecule has 1 rings (SSSR count). The van der Waals surface area contributed by atoms with E-state index in [9.17, 15) is 13.2 Å². The van der Waals surface area contributed by atoms with Crippen LogP contribution in [0, 0.1) is 6.92 Å². The van der Waals surface area contributed by atoms with E-state index >= 15 is 0 Å². The zero-order valence-corrected chi connectivity index (χ0v) is 8.92. The zero-order chi connectivity index (χ0) is 12.2. The Hall–Kier alpha value is -1.08. The van der Waals surface area contributed by atoms with Gasteiger partial charge in [-0.3, -0.25) is 4.68 Å². The standard InChI is InChI=1S/C9H14F3N3O/c1-7-8(4-13)5-15(14-7)2-3-16-6-9(10,11)12/h5H,2-4,6,13H2,1H3. The van der Waals surface area contributed by atoms with Gasteiger partial charge in [0.25, 0.3) is 0 Å². The van der Waals surface area contributed by atoms with E-state index in [-0.39, 0.29) is 13.2 Å². The molecule has 0 aliphatic heterocycles. The molecule has 92 valence electrons. The summed E-state index contributed by atoms with van der Waals surface area (Å²) in [6.45, 7) is 1.21. The van der Waals surface area contributed by atoms with E-state index in [1.54, 1.807) is 13.1 Å². The van der Waals surface area contributed by atoms with Gasteiger partial charge < -0.3 is 10.5 Å². The van der Waals surface area contributed by atoms with Crippen LogP contribution in [0.5, 0.6) is 0 Å². The summed E-state index contributed by atoms with van der Waals surface area (Å²) in [6, 6.07) is 0. The predicted molar refractivity (Wildman–Crippen MR) is 51.7 cm³/mol. The largest absolute Gasteiger partial charge is 0.411 e. The second-order valence-corrected chi connectivity index (χ2v) is 3.37. The van der Waals surface area contributed by atoms with Gasteiger partial charge in [-0.25, -0.2) is 0 Å². The molecule has 0 spiro atoms. The van der Waals surface area contributed by atoms with Crippen LogP contribution < -0.4 is 5.73 Å². The van der Waals surface area contributed by atoms with Crippen molar-refractivity contribution in [2.24, 2.45) is 5.73 Å². The lowest BCUT2D eigenvalue weighted by Crippen LogP contribution is -2.19. The van der Waals surface area contributed by atoms with E-state index in [4.69, 9.17) is 5.73 Å². The van der Waals surface area contributed by atoms with Crippen LogP contribution >= 0.6 is 0 Å². The predicted octanol–water partition coefficient (Wildman–Crippen LogP) is 1.23. The summed E-state index contributed by atoms with van der Waals surface area (Å²) >= 11 is 0. The van der Waals surface area contributed by atoms with Crippen molar-refractivity contribution in [1.29, 1.82) is 0 Å². The first kappa shape index (κ1) is 13.0. The van der Waals surface area contributed by atoms with Crippen LogP contribution in [-0.2, 0) is 17.8 Å². The number of rotatable bonds is 5. The van der Waals surface area contributed by atoms with Gasteiger partial charge in [0.1, 0.15) is 6.61 Å². The maximum Gasteiger partial charge on any atom is 0.411 e. The first-order chi connectivity index (χ1) is 7.42. The molecular weight excluding hydrogens is 223 g/mol. The Morgan fingerprint density at radius 1 is 1.50 bits per heavy atom. The van der Waals surface area contributed by atoms with Crippen LogP contribution in [0.2, 0.25) is 0 Å². The average Bonchev–Trinajstić information content (AvgIpc) is 2.52. The van der Waals surface area contributed by atoms with Crippen molar-refractivity contribution in [3.8, 4) is 0 Å². The third-order valence-electron chi connectivity index (χ3n) is 2.00. The van der Waals surface area contributed by atoms with E-state index in [0.29, 0.717) is 6.54 Å². The van der Waals surface area contributed by atoms with Gasteiger partial charge in [0, 0.05) is 18.3 Å². The van der Waals surface area contributed by atoms with Gasteiger partial charge in [-0.15, -0.1) is 0 Å². The fraction of sp³-hybridized carbons (Fsp3) is 0.667. The second kappa shape index (κ2) is 5.31. The molecule has 0 aliphatic rings. The third-order valence-corrected chi connectivity index (χ3v) is 2.00. The lowest BCUT2D eigenvalue weighted by molar-refractivity contribution is -0.174. The fourth-order valence-corrected chi connectivity index (χ4v) is 1.22. The van der Waals surface area contributed by atoms with Crippen LogP contribution in [-0.4, -0.2) is 29.2 Å². The Balaban J connectivity index is 2.32. The number of hydrogen-bond acceptors (Lipinski definition) is 3. The highest BCUT2D eigenvalue weighted by atomic mass is 19.4. The lowest BCUT2D eigenvalue weighted by atomic mass is 10.3.